The first kappa shape index (κ1) is 5.46. The highest BCUT2D eigenvalue weighted by atomic mass is 32.1. The van der Waals surface area contributed by atoms with Crippen LogP contribution in [-0.4, -0.2) is 16.5 Å². The van der Waals surface area contributed by atoms with Crippen molar-refractivity contribution in [3.05, 3.63) is 5.51 Å². The molecule has 1 N–H and O–H groups in total. The van der Waals surface area contributed by atoms with Gasteiger partial charge in [0.05, 0.1) is 7.11 Å². The van der Waals surface area contributed by atoms with Crippen molar-refractivity contribution in [2.45, 2.75) is 0 Å². The van der Waals surface area contributed by atoms with Gasteiger partial charge in [0.2, 0.25) is 0 Å². The number of anilines is 1. The third-order valence-electron chi connectivity index (χ3n) is 0.555. The lowest BCUT2D eigenvalue weighted by molar-refractivity contribution is 0.267. The summed E-state index contributed by atoms with van der Waals surface area (Å²) >= 11 is 1.28. The Morgan fingerprint density at radius 2 is 2.75 bits per heavy atom. The van der Waals surface area contributed by atoms with E-state index in [0.29, 0.717) is 5.95 Å². The Kier molecular flexibility index (Phi) is 1.76. The molecule has 0 aliphatic carbocycles. The first-order valence-electron chi connectivity index (χ1n) is 1.99. The van der Waals surface area contributed by atoms with Gasteiger partial charge in [-0.3, -0.25) is 4.84 Å². The monoisotopic (exact) mass is 131 g/mol. The molecule has 0 aliphatic heterocycles. The van der Waals surface area contributed by atoms with Gasteiger partial charge in [0.15, 0.2) is 0 Å². The van der Waals surface area contributed by atoms with Crippen molar-refractivity contribution in [2.75, 3.05) is 12.6 Å². The summed E-state index contributed by atoms with van der Waals surface area (Å²) in [7, 11) is 1.51. The first-order chi connectivity index (χ1) is 3.93. The molecule has 0 saturated carbocycles. The number of hydrogen-bond donors (Lipinski definition) is 1. The molecule has 1 aromatic heterocycles. The summed E-state index contributed by atoms with van der Waals surface area (Å²) in [5.74, 6) is 0.512. The van der Waals surface area contributed by atoms with Crippen molar-refractivity contribution in [1.29, 1.82) is 0 Å². The molecule has 0 fully saturated rings. The van der Waals surface area contributed by atoms with E-state index in [2.05, 4.69) is 19.7 Å². The Labute approximate surface area is 50.6 Å². The molecule has 5 heteroatoms. The number of hydrogen-bond acceptors (Lipinski definition) is 5. The number of nitrogens with zero attached hydrogens (tertiary/aromatic N) is 2. The van der Waals surface area contributed by atoms with Crippen molar-refractivity contribution >= 4 is 17.5 Å². The third-order valence-corrected chi connectivity index (χ3v) is 1.03. The Bertz CT molecular complexity index is 140. The molecule has 4 nitrogen and oxygen atoms in total. The van der Waals surface area contributed by atoms with Gasteiger partial charge in [-0.1, -0.05) is 0 Å². The summed E-state index contributed by atoms with van der Waals surface area (Å²) in [5, 5.41) is 0. The third kappa shape index (κ3) is 1.14. The van der Waals surface area contributed by atoms with Crippen LogP contribution < -0.4 is 5.48 Å². The summed E-state index contributed by atoms with van der Waals surface area (Å²) < 4.78 is 3.80. The number of aromatic nitrogens is 2. The fourth-order valence-corrected chi connectivity index (χ4v) is 0.685. The molecular weight excluding hydrogens is 126 g/mol. The molecule has 0 atom stereocenters. The molecule has 0 spiro atoms. The van der Waals surface area contributed by atoms with Gasteiger partial charge in [0.25, 0.3) is 5.95 Å². The zero-order valence-electron chi connectivity index (χ0n) is 4.29. The predicted molar refractivity (Wildman–Crippen MR) is 30.5 cm³/mol. The van der Waals surface area contributed by atoms with Crippen LogP contribution in [0.2, 0.25) is 0 Å². The zero-order chi connectivity index (χ0) is 5.82. The van der Waals surface area contributed by atoms with Crippen molar-refractivity contribution < 1.29 is 4.84 Å². The Morgan fingerprint density at radius 3 is 3.25 bits per heavy atom. The van der Waals surface area contributed by atoms with Crippen molar-refractivity contribution in [3.63, 3.8) is 0 Å². The summed E-state index contributed by atoms with van der Waals surface area (Å²) in [6, 6.07) is 0. The predicted octanol–water partition coefficient (Wildman–Crippen LogP) is 0.511. The van der Waals surface area contributed by atoms with Crippen LogP contribution in [0, 0.1) is 0 Å². The van der Waals surface area contributed by atoms with Gasteiger partial charge in [-0.2, -0.15) is 4.37 Å². The van der Waals surface area contributed by atoms with Gasteiger partial charge in [-0.15, -0.1) is 0 Å². The van der Waals surface area contributed by atoms with E-state index < -0.39 is 0 Å². The Morgan fingerprint density at radius 1 is 1.88 bits per heavy atom. The molecule has 0 unspecified atom stereocenters. The summed E-state index contributed by atoms with van der Waals surface area (Å²) in [6.07, 6.45) is 0. The second-order valence-electron chi connectivity index (χ2n) is 1.06. The van der Waals surface area contributed by atoms with Crippen molar-refractivity contribution in [3.8, 4) is 0 Å². The van der Waals surface area contributed by atoms with E-state index in [9.17, 15) is 0 Å². The molecule has 0 saturated heterocycles. The highest BCUT2D eigenvalue weighted by molar-refractivity contribution is 7.03. The van der Waals surface area contributed by atoms with Crippen molar-refractivity contribution in [2.24, 2.45) is 0 Å². The van der Waals surface area contributed by atoms with E-state index in [-0.39, 0.29) is 0 Å². The van der Waals surface area contributed by atoms with E-state index in [1.807, 2.05) is 0 Å². The highest BCUT2D eigenvalue weighted by Crippen LogP contribution is 1.97. The van der Waals surface area contributed by atoms with Crippen LogP contribution in [0.4, 0.5) is 5.95 Å². The standard InChI is InChI=1S/C3H5N3OS/c1-7-5-3-4-2-8-6-3/h2H,1H3,(H,5,6). The van der Waals surface area contributed by atoms with Gasteiger partial charge >= 0.3 is 0 Å². The fraction of sp³-hybridized carbons (Fsp3) is 0.333. The summed E-state index contributed by atoms with van der Waals surface area (Å²) in [5.41, 5.74) is 4.10. The lowest BCUT2D eigenvalue weighted by Crippen LogP contribution is -1.95. The van der Waals surface area contributed by atoms with Crippen LogP contribution in [0.1, 0.15) is 0 Å². The van der Waals surface area contributed by atoms with Crippen LogP contribution in [0.25, 0.3) is 0 Å². The van der Waals surface area contributed by atoms with E-state index in [0.717, 1.165) is 0 Å². The molecule has 8 heavy (non-hydrogen) atoms. The zero-order valence-corrected chi connectivity index (χ0v) is 5.10. The topological polar surface area (TPSA) is 47.0 Å². The molecule has 0 aliphatic rings. The Hall–Kier alpha value is -0.680. The van der Waals surface area contributed by atoms with E-state index in [1.165, 1.54) is 18.6 Å². The summed E-state index contributed by atoms with van der Waals surface area (Å²) in [6.45, 7) is 0. The first-order valence-corrected chi connectivity index (χ1v) is 2.82. The maximum absolute atomic E-state index is 4.52. The lowest BCUT2D eigenvalue weighted by atomic mass is 11.1. The van der Waals surface area contributed by atoms with Gasteiger partial charge < -0.3 is 0 Å². The quantitative estimate of drug-likeness (QED) is 0.594. The average molecular weight is 131 g/mol. The molecule has 0 radical (unpaired) electrons. The minimum atomic E-state index is 0.512. The number of nitrogens with one attached hydrogen (secondary N) is 1. The Balaban J connectivity index is 2.50. The second kappa shape index (κ2) is 2.58. The molecule has 1 aromatic rings. The van der Waals surface area contributed by atoms with E-state index >= 15 is 0 Å². The summed E-state index contributed by atoms with van der Waals surface area (Å²) in [4.78, 5) is 8.30. The molecule has 44 valence electrons. The molecule has 0 bridgehead atoms. The maximum Gasteiger partial charge on any atom is 0.258 e. The molecule has 1 heterocycles. The lowest BCUT2D eigenvalue weighted by Gasteiger charge is -1.91. The maximum atomic E-state index is 4.52. The molecule has 1 rings (SSSR count). The van der Waals surface area contributed by atoms with Gasteiger partial charge in [-0.25, -0.2) is 10.5 Å². The molecular formula is C3H5N3OS. The molecule has 0 amide bonds. The fourth-order valence-electron chi connectivity index (χ4n) is 0.307. The van der Waals surface area contributed by atoms with Crippen LogP contribution in [-0.2, 0) is 4.84 Å². The van der Waals surface area contributed by atoms with Crippen LogP contribution >= 0.6 is 11.5 Å². The van der Waals surface area contributed by atoms with E-state index in [1.54, 1.807) is 5.51 Å². The minimum absolute atomic E-state index is 0.512. The largest absolute Gasteiger partial charge is 0.277 e. The van der Waals surface area contributed by atoms with Crippen LogP contribution in [0.15, 0.2) is 5.51 Å². The van der Waals surface area contributed by atoms with Gasteiger partial charge in [0.1, 0.15) is 5.51 Å². The minimum Gasteiger partial charge on any atom is -0.277 e. The van der Waals surface area contributed by atoms with Crippen molar-refractivity contribution in [1.82, 2.24) is 9.36 Å². The van der Waals surface area contributed by atoms with Crippen LogP contribution in [0.5, 0.6) is 0 Å². The highest BCUT2D eigenvalue weighted by Gasteiger charge is 1.88. The van der Waals surface area contributed by atoms with Crippen LogP contribution in [0.3, 0.4) is 0 Å². The van der Waals surface area contributed by atoms with E-state index in [4.69, 9.17) is 0 Å². The molecule has 0 aromatic carbocycles. The SMILES string of the molecule is CONc1ncsn1. The smallest absolute Gasteiger partial charge is 0.258 e. The second-order valence-corrected chi connectivity index (χ2v) is 1.67. The number of rotatable bonds is 2. The van der Waals surface area contributed by atoms with Gasteiger partial charge in [-0.05, 0) is 11.5 Å². The average Bonchev–Trinajstić information content (AvgIpc) is 2.19. The normalized spacial score (nSPS) is 9.12. The van der Waals surface area contributed by atoms with Gasteiger partial charge in [0, 0.05) is 0 Å².